The number of nitrogens with zero attached hydrogens (tertiary/aromatic N) is 2. The van der Waals surface area contributed by atoms with Crippen molar-refractivity contribution in [3.63, 3.8) is 0 Å². The smallest absolute Gasteiger partial charge is 0.232 e. The monoisotopic (exact) mass is 172 g/mol. The zero-order valence-corrected chi connectivity index (χ0v) is 7.01. The third kappa shape index (κ3) is 2.35. The molecule has 0 saturated carbocycles. The highest BCUT2D eigenvalue weighted by Crippen LogP contribution is 2.04. The van der Waals surface area contributed by atoms with E-state index in [4.69, 9.17) is 16.3 Å². The first kappa shape index (κ1) is 8.27. The molecule has 3 nitrogen and oxygen atoms in total. The van der Waals surface area contributed by atoms with E-state index >= 15 is 0 Å². The van der Waals surface area contributed by atoms with Crippen LogP contribution in [0.25, 0.3) is 0 Å². The number of aromatic nitrogens is 2. The van der Waals surface area contributed by atoms with Crippen molar-refractivity contribution in [1.82, 2.24) is 9.97 Å². The van der Waals surface area contributed by atoms with Crippen molar-refractivity contribution < 1.29 is 4.74 Å². The molecule has 1 aromatic rings. The van der Waals surface area contributed by atoms with Crippen molar-refractivity contribution in [3.05, 3.63) is 18.1 Å². The van der Waals surface area contributed by atoms with E-state index in [0.717, 1.165) is 5.69 Å². The van der Waals surface area contributed by atoms with Crippen LogP contribution >= 0.6 is 11.6 Å². The molecule has 0 bridgehead atoms. The lowest BCUT2D eigenvalue weighted by Gasteiger charge is -1.99. The second kappa shape index (κ2) is 4.13. The topological polar surface area (TPSA) is 35.0 Å². The third-order valence-corrected chi connectivity index (χ3v) is 1.38. The molecule has 1 heterocycles. The maximum absolute atomic E-state index is 5.51. The standard InChI is InChI=1S/C7H9ClN2O/c1-2-11-7-5-9-6(3-8)4-10-7/h4-5H,2-3H2,1H3. The maximum Gasteiger partial charge on any atom is 0.232 e. The van der Waals surface area contributed by atoms with E-state index in [9.17, 15) is 0 Å². The van der Waals surface area contributed by atoms with Crippen LogP contribution in [-0.4, -0.2) is 16.6 Å². The Bertz CT molecular complexity index is 212. The molecule has 4 heteroatoms. The van der Waals surface area contributed by atoms with Gasteiger partial charge in [-0.2, -0.15) is 0 Å². The second-order valence-corrected chi connectivity index (χ2v) is 2.18. The summed E-state index contributed by atoms with van der Waals surface area (Å²) in [6.07, 6.45) is 3.18. The highest BCUT2D eigenvalue weighted by Gasteiger charge is 1.94. The van der Waals surface area contributed by atoms with Gasteiger partial charge in [0.1, 0.15) is 0 Å². The molecule has 0 aromatic carbocycles. The summed E-state index contributed by atoms with van der Waals surface area (Å²) in [7, 11) is 0. The summed E-state index contributed by atoms with van der Waals surface area (Å²) in [5.41, 5.74) is 0.759. The van der Waals surface area contributed by atoms with Gasteiger partial charge in [-0.15, -0.1) is 11.6 Å². The van der Waals surface area contributed by atoms with Gasteiger partial charge in [-0.05, 0) is 6.92 Å². The van der Waals surface area contributed by atoms with Gasteiger partial charge in [-0.25, -0.2) is 4.98 Å². The largest absolute Gasteiger partial charge is 0.477 e. The third-order valence-electron chi connectivity index (χ3n) is 1.11. The minimum absolute atomic E-state index is 0.388. The van der Waals surface area contributed by atoms with Crippen molar-refractivity contribution in [2.75, 3.05) is 6.61 Å². The fourth-order valence-electron chi connectivity index (χ4n) is 0.634. The van der Waals surface area contributed by atoms with Crippen molar-refractivity contribution in [1.29, 1.82) is 0 Å². The van der Waals surface area contributed by atoms with E-state index in [1.54, 1.807) is 12.4 Å². The fraction of sp³-hybridized carbons (Fsp3) is 0.429. The summed E-state index contributed by atoms with van der Waals surface area (Å²) in [6.45, 7) is 2.51. The fourth-order valence-corrected chi connectivity index (χ4v) is 0.772. The molecule has 60 valence electrons. The Balaban J connectivity index is 2.66. The lowest BCUT2D eigenvalue weighted by molar-refractivity contribution is 0.325. The van der Waals surface area contributed by atoms with Crippen LogP contribution in [0.5, 0.6) is 5.88 Å². The Kier molecular flexibility index (Phi) is 3.11. The molecule has 0 aliphatic carbocycles. The van der Waals surface area contributed by atoms with E-state index in [2.05, 4.69) is 9.97 Å². The van der Waals surface area contributed by atoms with Gasteiger partial charge in [-0.3, -0.25) is 4.98 Å². The molecule has 0 saturated heterocycles. The van der Waals surface area contributed by atoms with Gasteiger partial charge in [0, 0.05) is 0 Å². The summed E-state index contributed by atoms with van der Waals surface area (Å²) in [5, 5.41) is 0. The Labute approximate surface area is 70.4 Å². The van der Waals surface area contributed by atoms with E-state index in [-0.39, 0.29) is 0 Å². The SMILES string of the molecule is CCOc1cnc(CCl)cn1. The molecule has 0 fully saturated rings. The number of ether oxygens (including phenoxy) is 1. The molecule has 1 rings (SSSR count). The van der Waals surface area contributed by atoms with Gasteiger partial charge in [-0.1, -0.05) is 0 Å². The summed E-state index contributed by atoms with van der Waals surface area (Å²) in [4.78, 5) is 7.97. The number of hydrogen-bond acceptors (Lipinski definition) is 3. The van der Waals surface area contributed by atoms with Gasteiger partial charge >= 0.3 is 0 Å². The molecule has 1 aromatic heterocycles. The van der Waals surface area contributed by atoms with Crippen LogP contribution in [0.15, 0.2) is 12.4 Å². The lowest BCUT2D eigenvalue weighted by atomic mass is 10.5. The normalized spacial score (nSPS) is 9.64. The van der Waals surface area contributed by atoms with Gasteiger partial charge < -0.3 is 4.74 Å². The average Bonchev–Trinajstić information content (AvgIpc) is 2.07. The van der Waals surface area contributed by atoms with Crippen LogP contribution in [0.4, 0.5) is 0 Å². The Morgan fingerprint density at radius 3 is 2.73 bits per heavy atom. The highest BCUT2D eigenvalue weighted by atomic mass is 35.5. The Hall–Kier alpha value is -0.830. The molecule has 0 aliphatic heterocycles. The Morgan fingerprint density at radius 1 is 1.45 bits per heavy atom. The molecule has 0 N–H and O–H groups in total. The first-order chi connectivity index (χ1) is 5.36. The number of alkyl halides is 1. The predicted octanol–water partition coefficient (Wildman–Crippen LogP) is 1.61. The minimum atomic E-state index is 0.388. The maximum atomic E-state index is 5.51. The quantitative estimate of drug-likeness (QED) is 0.650. The van der Waals surface area contributed by atoms with E-state index in [0.29, 0.717) is 18.4 Å². The molecular formula is C7H9ClN2O. The minimum Gasteiger partial charge on any atom is -0.477 e. The molecular weight excluding hydrogens is 164 g/mol. The molecule has 0 spiro atoms. The van der Waals surface area contributed by atoms with Crippen molar-refractivity contribution >= 4 is 11.6 Å². The van der Waals surface area contributed by atoms with Crippen molar-refractivity contribution in [2.45, 2.75) is 12.8 Å². The summed E-state index contributed by atoms with van der Waals surface area (Å²) in [6, 6.07) is 0. The Morgan fingerprint density at radius 2 is 2.27 bits per heavy atom. The second-order valence-electron chi connectivity index (χ2n) is 1.91. The van der Waals surface area contributed by atoms with E-state index < -0.39 is 0 Å². The molecule has 0 atom stereocenters. The highest BCUT2D eigenvalue weighted by molar-refractivity contribution is 6.16. The van der Waals surface area contributed by atoms with Crippen LogP contribution < -0.4 is 4.74 Å². The summed E-state index contributed by atoms with van der Waals surface area (Å²) < 4.78 is 5.09. The van der Waals surface area contributed by atoms with Crippen LogP contribution in [0.2, 0.25) is 0 Å². The molecule has 11 heavy (non-hydrogen) atoms. The predicted molar refractivity (Wildman–Crippen MR) is 42.8 cm³/mol. The van der Waals surface area contributed by atoms with Crippen molar-refractivity contribution in [2.24, 2.45) is 0 Å². The van der Waals surface area contributed by atoms with Gasteiger partial charge in [0.15, 0.2) is 0 Å². The molecule has 0 aliphatic rings. The molecule has 0 radical (unpaired) electrons. The first-order valence-electron chi connectivity index (χ1n) is 3.36. The lowest BCUT2D eigenvalue weighted by Crippen LogP contribution is -1.96. The van der Waals surface area contributed by atoms with Gasteiger partial charge in [0.05, 0.1) is 30.6 Å². The molecule has 0 unspecified atom stereocenters. The van der Waals surface area contributed by atoms with Crippen LogP contribution in [0.1, 0.15) is 12.6 Å². The first-order valence-corrected chi connectivity index (χ1v) is 3.90. The van der Waals surface area contributed by atoms with Crippen molar-refractivity contribution in [3.8, 4) is 5.88 Å². The zero-order chi connectivity index (χ0) is 8.10. The number of halogens is 1. The van der Waals surface area contributed by atoms with Gasteiger partial charge in [0.25, 0.3) is 0 Å². The molecule has 0 amide bonds. The van der Waals surface area contributed by atoms with E-state index in [1.165, 1.54) is 0 Å². The van der Waals surface area contributed by atoms with E-state index in [1.807, 2.05) is 6.92 Å². The average molecular weight is 173 g/mol. The zero-order valence-electron chi connectivity index (χ0n) is 6.25. The van der Waals surface area contributed by atoms with Crippen LogP contribution in [0.3, 0.4) is 0 Å². The van der Waals surface area contributed by atoms with Crippen LogP contribution in [0, 0.1) is 0 Å². The number of rotatable bonds is 3. The van der Waals surface area contributed by atoms with Crippen LogP contribution in [-0.2, 0) is 5.88 Å². The van der Waals surface area contributed by atoms with Gasteiger partial charge in [0.2, 0.25) is 5.88 Å². The summed E-state index contributed by atoms with van der Waals surface area (Å²) >= 11 is 5.51. The summed E-state index contributed by atoms with van der Waals surface area (Å²) in [5.74, 6) is 0.931. The number of hydrogen-bond donors (Lipinski definition) is 0.